The summed E-state index contributed by atoms with van der Waals surface area (Å²) in [4.78, 5) is 15.0. The van der Waals surface area contributed by atoms with Gasteiger partial charge < -0.3 is 4.74 Å². The summed E-state index contributed by atoms with van der Waals surface area (Å²) in [6.45, 7) is 0. The predicted octanol–water partition coefficient (Wildman–Crippen LogP) is 1.85. The summed E-state index contributed by atoms with van der Waals surface area (Å²) >= 11 is 8.95. The Morgan fingerprint density at radius 3 is 3.08 bits per heavy atom. The first-order chi connectivity index (χ1) is 5.61. The van der Waals surface area contributed by atoms with Gasteiger partial charge in [-0.15, -0.1) is 0 Å². The molecule has 1 rings (SSSR count). The van der Waals surface area contributed by atoms with Gasteiger partial charge in [0.25, 0.3) is 0 Å². The van der Waals surface area contributed by atoms with Crippen LogP contribution in [0.2, 0.25) is 0 Å². The van der Waals surface area contributed by atoms with Gasteiger partial charge >= 0.3 is 5.97 Å². The van der Waals surface area contributed by atoms with E-state index in [1.54, 1.807) is 12.3 Å². The minimum absolute atomic E-state index is 0.205. The lowest BCUT2D eigenvalue weighted by Gasteiger charge is -2.22. The average molecular weight is 252 g/mol. The van der Waals surface area contributed by atoms with Crippen molar-refractivity contribution in [3.63, 3.8) is 0 Å². The second-order valence-electron chi connectivity index (χ2n) is 2.30. The Kier molecular flexibility index (Phi) is 2.90. The van der Waals surface area contributed by atoms with E-state index >= 15 is 0 Å². The van der Waals surface area contributed by atoms with Crippen molar-refractivity contribution in [1.29, 1.82) is 0 Å². The van der Waals surface area contributed by atoms with E-state index in [1.807, 2.05) is 0 Å². The van der Waals surface area contributed by atoms with Crippen molar-refractivity contribution in [2.24, 2.45) is 4.99 Å². The molecule has 0 aromatic heterocycles. The van der Waals surface area contributed by atoms with Crippen molar-refractivity contribution >= 4 is 38.7 Å². The Hall–Kier alpha value is -0.350. The molecule has 1 aliphatic heterocycles. The lowest BCUT2D eigenvalue weighted by atomic mass is 10.1. The molecule has 5 heteroatoms. The van der Waals surface area contributed by atoms with E-state index in [1.165, 1.54) is 7.11 Å². The van der Waals surface area contributed by atoms with Crippen molar-refractivity contribution in [2.45, 2.75) is 10.7 Å². The van der Waals surface area contributed by atoms with Crippen LogP contribution < -0.4 is 0 Å². The molecule has 66 valence electrons. The first-order valence-electron chi connectivity index (χ1n) is 3.27. The summed E-state index contributed by atoms with van der Waals surface area (Å²) in [5, 5.41) is 0.205. The number of rotatable bonds is 1. The number of nitrogens with zero attached hydrogens (tertiary/aromatic N) is 1. The maximum atomic E-state index is 11.2. The largest absolute Gasteiger partial charge is 0.468 e. The van der Waals surface area contributed by atoms with Crippen LogP contribution in [-0.4, -0.2) is 22.6 Å². The Morgan fingerprint density at radius 2 is 2.58 bits per heavy atom. The third-order valence-electron chi connectivity index (χ3n) is 1.53. The molecule has 0 fully saturated rings. The number of aliphatic imine (C=N–C) groups is 1. The molecular weight excluding hydrogens is 245 g/mol. The smallest absolute Gasteiger partial charge is 0.330 e. The molecule has 1 aliphatic rings. The number of carbonyl (C=O) groups is 1. The third kappa shape index (κ3) is 1.54. The molecule has 1 heterocycles. The molecule has 0 spiro atoms. The Labute approximate surface area is 83.6 Å². The molecule has 0 amide bonds. The SMILES string of the molecule is COC(=O)C1(Br)CC=CN=C1Cl. The molecule has 0 saturated heterocycles. The Morgan fingerprint density at radius 1 is 1.92 bits per heavy atom. The number of methoxy groups -OCH3 is 1. The van der Waals surface area contributed by atoms with Crippen LogP contribution in [0.4, 0.5) is 0 Å². The minimum atomic E-state index is -0.974. The first-order valence-corrected chi connectivity index (χ1v) is 4.44. The molecule has 0 aliphatic carbocycles. The third-order valence-corrected chi connectivity index (χ3v) is 3.20. The van der Waals surface area contributed by atoms with E-state index in [2.05, 4.69) is 25.7 Å². The summed E-state index contributed by atoms with van der Waals surface area (Å²) in [6.07, 6.45) is 3.77. The van der Waals surface area contributed by atoms with E-state index in [-0.39, 0.29) is 5.17 Å². The summed E-state index contributed by atoms with van der Waals surface area (Å²) in [5.41, 5.74) is 0. The van der Waals surface area contributed by atoms with Crippen LogP contribution >= 0.6 is 27.5 Å². The monoisotopic (exact) mass is 251 g/mol. The van der Waals surface area contributed by atoms with Gasteiger partial charge in [0, 0.05) is 6.20 Å². The number of esters is 1. The zero-order valence-electron chi connectivity index (χ0n) is 6.38. The number of hydrogen-bond acceptors (Lipinski definition) is 3. The van der Waals surface area contributed by atoms with Crippen LogP contribution in [0.25, 0.3) is 0 Å². The van der Waals surface area contributed by atoms with Gasteiger partial charge in [-0.1, -0.05) is 33.6 Å². The fourth-order valence-electron chi connectivity index (χ4n) is 0.849. The maximum absolute atomic E-state index is 11.2. The van der Waals surface area contributed by atoms with Gasteiger partial charge in [0.05, 0.1) is 7.11 Å². The van der Waals surface area contributed by atoms with Crippen LogP contribution in [0.5, 0.6) is 0 Å². The van der Waals surface area contributed by atoms with Gasteiger partial charge in [0.1, 0.15) is 5.17 Å². The van der Waals surface area contributed by atoms with E-state index in [9.17, 15) is 4.79 Å². The number of carbonyl (C=O) groups excluding carboxylic acids is 1. The van der Waals surface area contributed by atoms with Gasteiger partial charge in [-0.3, -0.25) is 4.79 Å². The molecule has 0 radical (unpaired) electrons. The topological polar surface area (TPSA) is 38.7 Å². The second kappa shape index (κ2) is 3.58. The van der Waals surface area contributed by atoms with Crippen LogP contribution in [0.3, 0.4) is 0 Å². The molecule has 12 heavy (non-hydrogen) atoms. The van der Waals surface area contributed by atoms with Crippen molar-refractivity contribution in [3.05, 3.63) is 12.3 Å². The van der Waals surface area contributed by atoms with Crippen LogP contribution in [0.1, 0.15) is 6.42 Å². The van der Waals surface area contributed by atoms with Gasteiger partial charge in [0.15, 0.2) is 4.32 Å². The summed E-state index contributed by atoms with van der Waals surface area (Å²) < 4.78 is 3.60. The minimum Gasteiger partial charge on any atom is -0.468 e. The average Bonchev–Trinajstić information content (AvgIpc) is 2.09. The van der Waals surface area contributed by atoms with E-state index in [0.29, 0.717) is 6.42 Å². The summed E-state index contributed by atoms with van der Waals surface area (Å²) in [5.74, 6) is -0.430. The molecule has 3 nitrogen and oxygen atoms in total. The normalized spacial score (nSPS) is 28.1. The Bertz CT molecular complexity index is 264. The number of ether oxygens (including phenoxy) is 1. The highest BCUT2D eigenvalue weighted by Crippen LogP contribution is 2.31. The van der Waals surface area contributed by atoms with Gasteiger partial charge in [0.2, 0.25) is 0 Å². The molecule has 1 unspecified atom stereocenters. The number of alkyl halides is 1. The highest BCUT2D eigenvalue weighted by atomic mass is 79.9. The zero-order chi connectivity index (χ0) is 9.19. The van der Waals surface area contributed by atoms with Gasteiger partial charge in [-0.05, 0) is 6.42 Å². The Balaban J connectivity index is 2.92. The van der Waals surface area contributed by atoms with Crippen molar-refractivity contribution < 1.29 is 9.53 Å². The fraction of sp³-hybridized carbons (Fsp3) is 0.429. The van der Waals surface area contributed by atoms with Crippen molar-refractivity contribution in [2.75, 3.05) is 7.11 Å². The molecule has 0 bridgehead atoms. The zero-order valence-corrected chi connectivity index (χ0v) is 8.72. The van der Waals surface area contributed by atoms with E-state index in [4.69, 9.17) is 11.6 Å². The highest BCUT2D eigenvalue weighted by Gasteiger charge is 2.41. The van der Waals surface area contributed by atoms with Crippen LogP contribution in [-0.2, 0) is 9.53 Å². The van der Waals surface area contributed by atoms with Crippen LogP contribution in [0, 0.1) is 0 Å². The summed E-state index contributed by atoms with van der Waals surface area (Å²) in [6, 6.07) is 0. The van der Waals surface area contributed by atoms with Crippen molar-refractivity contribution in [1.82, 2.24) is 0 Å². The standard InChI is InChI=1S/C7H7BrClNO2/c1-12-6(11)7(8)3-2-4-10-5(7)9/h2,4H,3H2,1H3. The van der Waals surface area contributed by atoms with E-state index < -0.39 is 10.3 Å². The fourth-order valence-corrected chi connectivity index (χ4v) is 1.51. The first kappa shape index (κ1) is 9.74. The molecule has 0 saturated carbocycles. The number of halogens is 2. The lowest BCUT2D eigenvalue weighted by molar-refractivity contribution is -0.141. The number of hydrogen-bond donors (Lipinski definition) is 0. The van der Waals surface area contributed by atoms with E-state index in [0.717, 1.165) is 0 Å². The quantitative estimate of drug-likeness (QED) is 0.528. The number of allylic oxidation sites excluding steroid dienone is 1. The lowest BCUT2D eigenvalue weighted by Crippen LogP contribution is -2.39. The van der Waals surface area contributed by atoms with Crippen LogP contribution in [0.15, 0.2) is 17.3 Å². The molecule has 0 aromatic rings. The predicted molar refractivity (Wildman–Crippen MR) is 50.7 cm³/mol. The maximum Gasteiger partial charge on any atom is 0.330 e. The summed E-state index contributed by atoms with van der Waals surface area (Å²) in [7, 11) is 1.31. The molecule has 0 aromatic carbocycles. The van der Waals surface area contributed by atoms with Gasteiger partial charge in [-0.2, -0.15) is 0 Å². The molecule has 1 atom stereocenters. The second-order valence-corrected chi connectivity index (χ2v) is 4.01. The highest BCUT2D eigenvalue weighted by molar-refractivity contribution is 9.10. The van der Waals surface area contributed by atoms with Gasteiger partial charge in [-0.25, -0.2) is 4.99 Å². The molecular formula is C7H7BrClNO2. The van der Waals surface area contributed by atoms with Crippen molar-refractivity contribution in [3.8, 4) is 0 Å². The molecule has 0 N–H and O–H groups in total.